The van der Waals surface area contributed by atoms with E-state index in [2.05, 4.69) is 34.4 Å². The van der Waals surface area contributed by atoms with E-state index in [0.717, 1.165) is 45.1 Å². The second kappa shape index (κ2) is 11.6. The lowest BCUT2D eigenvalue weighted by Gasteiger charge is -2.38. The smallest absolute Gasteiger partial charge is 0.191 e. The SMILES string of the molecule is CN=C(NCC(C)N1CCCCC1C)NCC1(CCO)CCOC1.I. The van der Waals surface area contributed by atoms with E-state index in [1.165, 1.54) is 25.8 Å². The molecule has 2 rings (SSSR count). The normalized spacial score (nSPS) is 29.1. The highest BCUT2D eigenvalue weighted by Crippen LogP contribution is 2.31. The molecular weight excluding hydrogens is 431 g/mol. The predicted octanol–water partition coefficient (Wildman–Crippen LogP) is 1.82. The molecule has 2 aliphatic heterocycles. The van der Waals surface area contributed by atoms with Crippen LogP contribution in [0.3, 0.4) is 0 Å². The van der Waals surface area contributed by atoms with Gasteiger partial charge in [-0.3, -0.25) is 9.89 Å². The third kappa shape index (κ3) is 6.84. The Morgan fingerprint density at radius 2 is 2.20 bits per heavy atom. The number of aliphatic imine (C=N–C) groups is 1. The number of hydrogen-bond donors (Lipinski definition) is 3. The molecule has 3 N–H and O–H groups in total. The molecular formula is C18H37IN4O2. The van der Waals surface area contributed by atoms with E-state index in [0.29, 0.717) is 12.1 Å². The lowest BCUT2D eigenvalue weighted by Crippen LogP contribution is -2.51. The molecule has 6 nitrogen and oxygen atoms in total. The number of rotatable bonds is 7. The third-order valence-corrected chi connectivity index (χ3v) is 5.67. The van der Waals surface area contributed by atoms with Crippen molar-refractivity contribution in [2.75, 3.05) is 46.5 Å². The van der Waals surface area contributed by atoms with Gasteiger partial charge in [0.15, 0.2) is 5.96 Å². The zero-order valence-corrected chi connectivity index (χ0v) is 18.4. The molecule has 0 aliphatic carbocycles. The molecule has 2 heterocycles. The standard InChI is InChI=1S/C18H36N4O2.HI/c1-15-6-4-5-9-22(15)16(2)12-20-17(19-3)21-13-18(7-10-23)8-11-24-14-18;/h15-16,23H,4-14H2,1-3H3,(H2,19,20,21);1H. The number of ether oxygens (including phenoxy) is 1. The molecule has 0 bridgehead atoms. The molecule has 148 valence electrons. The van der Waals surface area contributed by atoms with Gasteiger partial charge in [-0.1, -0.05) is 6.42 Å². The maximum absolute atomic E-state index is 9.32. The van der Waals surface area contributed by atoms with Gasteiger partial charge in [0.1, 0.15) is 0 Å². The summed E-state index contributed by atoms with van der Waals surface area (Å²) in [5.41, 5.74) is 0.0410. The van der Waals surface area contributed by atoms with Gasteiger partial charge in [-0.2, -0.15) is 0 Å². The Labute approximate surface area is 170 Å². The van der Waals surface area contributed by atoms with Crippen molar-refractivity contribution in [1.29, 1.82) is 0 Å². The van der Waals surface area contributed by atoms with E-state index in [1.54, 1.807) is 0 Å². The van der Waals surface area contributed by atoms with Crippen molar-refractivity contribution >= 4 is 29.9 Å². The number of aliphatic hydroxyl groups excluding tert-OH is 1. The van der Waals surface area contributed by atoms with Crippen LogP contribution in [0.5, 0.6) is 0 Å². The number of nitrogens with zero attached hydrogens (tertiary/aromatic N) is 2. The summed E-state index contributed by atoms with van der Waals surface area (Å²) >= 11 is 0. The van der Waals surface area contributed by atoms with Gasteiger partial charge < -0.3 is 20.5 Å². The molecule has 7 heteroatoms. The molecule has 3 unspecified atom stereocenters. The summed E-state index contributed by atoms with van der Waals surface area (Å²) in [5.74, 6) is 0.843. The molecule has 2 saturated heterocycles. The van der Waals surface area contributed by atoms with E-state index in [4.69, 9.17) is 4.74 Å². The van der Waals surface area contributed by atoms with Gasteiger partial charge in [-0.15, -0.1) is 24.0 Å². The minimum atomic E-state index is 0. The summed E-state index contributed by atoms with van der Waals surface area (Å²) in [6, 6.07) is 1.18. The highest BCUT2D eigenvalue weighted by Gasteiger charge is 2.34. The average Bonchev–Trinajstić information content (AvgIpc) is 3.04. The highest BCUT2D eigenvalue weighted by atomic mass is 127. The Balaban J connectivity index is 0.00000312. The van der Waals surface area contributed by atoms with Crippen LogP contribution in [0.25, 0.3) is 0 Å². The van der Waals surface area contributed by atoms with Crippen molar-refractivity contribution < 1.29 is 9.84 Å². The molecule has 0 aromatic rings. The Hall–Kier alpha value is -0.120. The Morgan fingerprint density at radius 3 is 2.80 bits per heavy atom. The fourth-order valence-corrected chi connectivity index (χ4v) is 3.94. The molecule has 2 fully saturated rings. The van der Waals surface area contributed by atoms with Crippen LogP contribution in [0.2, 0.25) is 0 Å². The number of hydrogen-bond acceptors (Lipinski definition) is 4. The van der Waals surface area contributed by atoms with E-state index in [1.807, 2.05) is 7.05 Å². The van der Waals surface area contributed by atoms with Gasteiger partial charge in [0.2, 0.25) is 0 Å². The maximum atomic E-state index is 9.32. The van der Waals surface area contributed by atoms with E-state index < -0.39 is 0 Å². The van der Waals surface area contributed by atoms with Crippen LogP contribution in [0, 0.1) is 5.41 Å². The third-order valence-electron chi connectivity index (χ3n) is 5.67. The first kappa shape index (κ1) is 22.9. The van der Waals surface area contributed by atoms with Gasteiger partial charge in [-0.25, -0.2) is 0 Å². The van der Waals surface area contributed by atoms with Crippen molar-refractivity contribution in [2.24, 2.45) is 10.4 Å². The Kier molecular flexibility index (Phi) is 10.6. The molecule has 0 aromatic heterocycles. The van der Waals surface area contributed by atoms with E-state index >= 15 is 0 Å². The Bertz CT molecular complexity index is 403. The largest absolute Gasteiger partial charge is 0.396 e. The molecule has 25 heavy (non-hydrogen) atoms. The summed E-state index contributed by atoms with van der Waals surface area (Å²) in [6.07, 6.45) is 5.75. The van der Waals surface area contributed by atoms with E-state index in [-0.39, 0.29) is 36.0 Å². The number of aliphatic hydroxyl groups is 1. The first-order valence-electron chi connectivity index (χ1n) is 9.49. The summed E-state index contributed by atoms with van der Waals surface area (Å²) < 4.78 is 5.55. The number of halogens is 1. The molecule has 0 radical (unpaired) electrons. The van der Waals surface area contributed by atoms with Crippen molar-refractivity contribution in [3.05, 3.63) is 0 Å². The second-order valence-electron chi connectivity index (χ2n) is 7.51. The van der Waals surface area contributed by atoms with Crippen molar-refractivity contribution in [1.82, 2.24) is 15.5 Å². The van der Waals surface area contributed by atoms with Gasteiger partial charge in [0, 0.05) is 50.8 Å². The van der Waals surface area contributed by atoms with Crippen LogP contribution in [0.15, 0.2) is 4.99 Å². The number of guanidine groups is 1. The number of piperidine rings is 1. The average molecular weight is 468 g/mol. The maximum Gasteiger partial charge on any atom is 0.191 e. The van der Waals surface area contributed by atoms with Gasteiger partial charge in [0.05, 0.1) is 6.61 Å². The fraction of sp³-hybridized carbons (Fsp3) is 0.944. The molecule has 0 saturated carbocycles. The van der Waals surface area contributed by atoms with Crippen LogP contribution >= 0.6 is 24.0 Å². The number of likely N-dealkylation sites (tertiary alicyclic amines) is 1. The van der Waals surface area contributed by atoms with Gasteiger partial charge >= 0.3 is 0 Å². The second-order valence-corrected chi connectivity index (χ2v) is 7.51. The predicted molar refractivity (Wildman–Crippen MR) is 114 cm³/mol. The van der Waals surface area contributed by atoms with Gasteiger partial charge in [-0.05, 0) is 46.1 Å². The van der Waals surface area contributed by atoms with Crippen molar-refractivity contribution in [2.45, 2.75) is 58.0 Å². The monoisotopic (exact) mass is 468 g/mol. The first-order valence-corrected chi connectivity index (χ1v) is 9.49. The minimum absolute atomic E-state index is 0. The summed E-state index contributed by atoms with van der Waals surface area (Å²) in [7, 11) is 1.81. The summed E-state index contributed by atoms with van der Waals surface area (Å²) in [4.78, 5) is 6.95. The molecule has 0 spiro atoms. The quantitative estimate of drug-likeness (QED) is 0.302. The molecule has 2 aliphatic rings. The van der Waals surface area contributed by atoms with Crippen molar-refractivity contribution in [3.63, 3.8) is 0 Å². The molecule has 0 aromatic carbocycles. The van der Waals surface area contributed by atoms with Crippen LogP contribution in [0.1, 0.15) is 46.0 Å². The van der Waals surface area contributed by atoms with Crippen LogP contribution in [-0.4, -0.2) is 74.6 Å². The highest BCUT2D eigenvalue weighted by molar-refractivity contribution is 14.0. The Morgan fingerprint density at radius 1 is 1.40 bits per heavy atom. The van der Waals surface area contributed by atoms with E-state index in [9.17, 15) is 5.11 Å². The van der Waals surface area contributed by atoms with Crippen LogP contribution in [-0.2, 0) is 4.74 Å². The molecule has 0 amide bonds. The topological polar surface area (TPSA) is 69.1 Å². The lowest BCUT2D eigenvalue weighted by atomic mass is 9.84. The van der Waals surface area contributed by atoms with Crippen LogP contribution in [0.4, 0.5) is 0 Å². The number of nitrogens with one attached hydrogen (secondary N) is 2. The van der Waals surface area contributed by atoms with Gasteiger partial charge in [0.25, 0.3) is 0 Å². The molecule has 3 atom stereocenters. The van der Waals surface area contributed by atoms with Crippen LogP contribution < -0.4 is 10.6 Å². The minimum Gasteiger partial charge on any atom is -0.396 e. The summed E-state index contributed by atoms with van der Waals surface area (Å²) in [6.45, 7) is 9.24. The van der Waals surface area contributed by atoms with Crippen molar-refractivity contribution in [3.8, 4) is 0 Å². The zero-order chi connectivity index (χ0) is 17.4. The first-order chi connectivity index (χ1) is 11.6. The summed E-state index contributed by atoms with van der Waals surface area (Å²) in [5, 5.41) is 16.2. The fourth-order valence-electron chi connectivity index (χ4n) is 3.94. The lowest BCUT2D eigenvalue weighted by molar-refractivity contribution is 0.115. The zero-order valence-electron chi connectivity index (χ0n) is 16.1.